The number of carboxylic acids is 1. The summed E-state index contributed by atoms with van der Waals surface area (Å²) in [6, 6.07) is 18.7. The maximum atomic E-state index is 13.0. The molecule has 0 aromatic heterocycles. The van der Waals surface area contributed by atoms with Crippen LogP contribution in [0.1, 0.15) is 22.7 Å². The van der Waals surface area contributed by atoms with Gasteiger partial charge in [-0.2, -0.15) is 4.72 Å². The summed E-state index contributed by atoms with van der Waals surface area (Å²) in [5, 5.41) is 9.87. The summed E-state index contributed by atoms with van der Waals surface area (Å²) >= 11 is 0. The van der Waals surface area contributed by atoms with Crippen LogP contribution in [0.2, 0.25) is 0 Å². The van der Waals surface area contributed by atoms with Gasteiger partial charge < -0.3 is 5.11 Å². The summed E-state index contributed by atoms with van der Waals surface area (Å²) in [7, 11) is -8.23. The highest BCUT2D eigenvalue weighted by Crippen LogP contribution is 2.25. The zero-order valence-corrected chi connectivity index (χ0v) is 20.1. The average molecular weight is 501 g/mol. The molecule has 0 saturated carbocycles. The molecule has 3 rings (SSSR count). The second kappa shape index (κ2) is 10.2. The van der Waals surface area contributed by atoms with Gasteiger partial charge in [-0.3, -0.25) is 4.72 Å². The summed E-state index contributed by atoms with van der Waals surface area (Å²) in [6.45, 7) is 3.61. The standard InChI is InChI=1S/C24H24N2O6S2/c1-17-8-12-20(13-9-17)33(29,30)25-16-22(24(27)28)23(19-6-4-3-5-7-19)26-34(31,32)21-14-10-18(2)11-15-21/h3-16,23,25-26H,1-2H3,(H,27,28)/b22-16+. The number of carboxylic acid groups (broad SMARTS) is 1. The SMILES string of the molecule is Cc1ccc(S(=O)(=O)N/C=C(/C(=O)O)C(NS(=O)(=O)c2ccc(C)cc2)c2ccccc2)cc1. The van der Waals surface area contributed by atoms with E-state index >= 15 is 0 Å². The van der Waals surface area contributed by atoms with Crippen LogP contribution in [0.4, 0.5) is 0 Å². The van der Waals surface area contributed by atoms with Gasteiger partial charge in [0.05, 0.1) is 21.4 Å². The number of nitrogens with one attached hydrogen (secondary N) is 2. The normalized spacial score (nSPS) is 13.3. The highest BCUT2D eigenvalue weighted by Gasteiger charge is 2.29. The molecule has 34 heavy (non-hydrogen) atoms. The molecule has 0 radical (unpaired) electrons. The van der Waals surface area contributed by atoms with E-state index in [1.54, 1.807) is 61.5 Å². The van der Waals surface area contributed by atoms with Crippen molar-refractivity contribution < 1.29 is 26.7 Å². The number of benzene rings is 3. The number of hydrogen-bond acceptors (Lipinski definition) is 5. The first kappa shape index (κ1) is 25.2. The molecule has 0 aliphatic carbocycles. The van der Waals surface area contributed by atoms with Crippen LogP contribution in [0.5, 0.6) is 0 Å². The maximum absolute atomic E-state index is 13.0. The van der Waals surface area contributed by atoms with Crippen molar-refractivity contribution in [1.82, 2.24) is 9.44 Å². The minimum atomic E-state index is -4.15. The molecular formula is C24H24N2O6S2. The first-order valence-electron chi connectivity index (χ1n) is 10.2. The molecule has 0 bridgehead atoms. The van der Waals surface area contributed by atoms with E-state index in [1.165, 1.54) is 24.3 Å². The number of rotatable bonds is 9. The molecular weight excluding hydrogens is 476 g/mol. The predicted octanol–water partition coefficient (Wildman–Crippen LogP) is 3.27. The fourth-order valence-electron chi connectivity index (χ4n) is 3.09. The summed E-state index contributed by atoms with van der Waals surface area (Å²) in [5.74, 6) is -1.49. The van der Waals surface area contributed by atoms with E-state index in [9.17, 15) is 26.7 Å². The Morgan fingerprint density at radius 3 is 1.71 bits per heavy atom. The molecule has 0 spiro atoms. The molecule has 1 unspecified atom stereocenters. The van der Waals surface area contributed by atoms with Crippen molar-refractivity contribution in [3.63, 3.8) is 0 Å². The monoisotopic (exact) mass is 500 g/mol. The number of hydrogen-bond donors (Lipinski definition) is 3. The Bertz CT molecular complexity index is 1400. The summed E-state index contributed by atoms with van der Waals surface area (Å²) < 4.78 is 56.0. The first-order valence-corrected chi connectivity index (χ1v) is 13.1. The van der Waals surface area contributed by atoms with Crippen molar-refractivity contribution in [2.45, 2.75) is 29.7 Å². The average Bonchev–Trinajstić information content (AvgIpc) is 2.79. The second-order valence-corrected chi connectivity index (χ2v) is 11.0. The lowest BCUT2D eigenvalue weighted by Gasteiger charge is -2.20. The number of aliphatic carboxylic acids is 1. The van der Waals surface area contributed by atoms with Gasteiger partial charge in [0.2, 0.25) is 10.0 Å². The van der Waals surface area contributed by atoms with Crippen molar-refractivity contribution in [1.29, 1.82) is 0 Å². The van der Waals surface area contributed by atoms with Crippen LogP contribution in [0, 0.1) is 13.8 Å². The molecule has 0 heterocycles. The van der Waals surface area contributed by atoms with Gasteiger partial charge in [-0.25, -0.2) is 21.6 Å². The third-order valence-corrected chi connectivity index (χ3v) is 7.76. The highest BCUT2D eigenvalue weighted by molar-refractivity contribution is 7.89. The van der Waals surface area contributed by atoms with Gasteiger partial charge in [-0.1, -0.05) is 65.7 Å². The van der Waals surface area contributed by atoms with Gasteiger partial charge in [0.15, 0.2) is 0 Å². The molecule has 3 aromatic rings. The molecule has 178 valence electrons. The topological polar surface area (TPSA) is 130 Å². The molecule has 1 atom stereocenters. The molecule has 8 nitrogen and oxygen atoms in total. The van der Waals surface area contributed by atoms with Gasteiger partial charge in [0, 0.05) is 6.20 Å². The third kappa shape index (κ3) is 6.10. The van der Waals surface area contributed by atoms with Gasteiger partial charge >= 0.3 is 5.97 Å². The van der Waals surface area contributed by atoms with Crippen molar-refractivity contribution in [2.75, 3.05) is 0 Å². The van der Waals surface area contributed by atoms with E-state index in [0.29, 0.717) is 5.56 Å². The van der Waals surface area contributed by atoms with Crippen molar-refractivity contribution in [3.05, 3.63) is 107 Å². The van der Waals surface area contributed by atoms with Gasteiger partial charge in [-0.15, -0.1) is 0 Å². The number of sulfonamides is 2. The molecule has 3 aromatic carbocycles. The lowest BCUT2D eigenvalue weighted by Crippen LogP contribution is -2.33. The Labute approximate surface area is 199 Å². The van der Waals surface area contributed by atoms with Crippen LogP contribution in [0.3, 0.4) is 0 Å². The number of carbonyl (C=O) groups is 1. The zero-order valence-electron chi connectivity index (χ0n) is 18.5. The van der Waals surface area contributed by atoms with Crippen LogP contribution in [-0.4, -0.2) is 27.9 Å². The van der Waals surface area contributed by atoms with E-state index in [-0.39, 0.29) is 9.79 Å². The summed E-state index contributed by atoms with van der Waals surface area (Å²) in [6.07, 6.45) is 0.798. The zero-order chi connectivity index (χ0) is 24.9. The lowest BCUT2D eigenvalue weighted by molar-refractivity contribution is -0.133. The van der Waals surface area contributed by atoms with Crippen molar-refractivity contribution in [2.24, 2.45) is 0 Å². The summed E-state index contributed by atoms with van der Waals surface area (Å²) in [4.78, 5) is 12.0. The van der Waals surface area contributed by atoms with Crippen LogP contribution in [0.25, 0.3) is 0 Å². The van der Waals surface area contributed by atoms with Crippen molar-refractivity contribution >= 4 is 26.0 Å². The van der Waals surface area contributed by atoms with Gasteiger partial charge in [0.1, 0.15) is 0 Å². The van der Waals surface area contributed by atoms with Crippen LogP contribution in [-0.2, 0) is 24.8 Å². The van der Waals surface area contributed by atoms with E-state index in [4.69, 9.17) is 0 Å². The second-order valence-electron chi connectivity index (χ2n) is 7.62. The predicted molar refractivity (Wildman–Crippen MR) is 128 cm³/mol. The fourth-order valence-corrected chi connectivity index (χ4v) is 5.21. The molecule has 0 saturated heterocycles. The largest absolute Gasteiger partial charge is 0.478 e. The van der Waals surface area contributed by atoms with E-state index in [2.05, 4.69) is 9.44 Å². The maximum Gasteiger partial charge on any atom is 0.335 e. The van der Waals surface area contributed by atoms with Crippen LogP contribution >= 0.6 is 0 Å². The Morgan fingerprint density at radius 1 is 0.765 bits per heavy atom. The smallest absolute Gasteiger partial charge is 0.335 e. The Hall–Kier alpha value is -3.47. The molecule has 3 N–H and O–H groups in total. The lowest BCUT2D eigenvalue weighted by atomic mass is 10.0. The summed E-state index contributed by atoms with van der Waals surface area (Å²) in [5.41, 5.74) is 1.53. The number of aryl methyl sites for hydroxylation is 2. The molecule has 0 aliphatic heterocycles. The highest BCUT2D eigenvalue weighted by atomic mass is 32.2. The van der Waals surface area contributed by atoms with Gasteiger partial charge in [-0.05, 0) is 43.7 Å². The Kier molecular flexibility index (Phi) is 7.55. The molecule has 0 amide bonds. The van der Waals surface area contributed by atoms with Crippen LogP contribution < -0.4 is 9.44 Å². The van der Waals surface area contributed by atoms with E-state index < -0.39 is 37.6 Å². The molecule has 0 aliphatic rings. The first-order chi connectivity index (χ1) is 16.0. The molecule has 10 heteroatoms. The third-order valence-electron chi connectivity index (χ3n) is 5.00. The molecule has 0 fully saturated rings. The van der Waals surface area contributed by atoms with Gasteiger partial charge in [0.25, 0.3) is 10.0 Å². The van der Waals surface area contributed by atoms with E-state index in [1.807, 2.05) is 6.92 Å². The van der Waals surface area contributed by atoms with Crippen LogP contribution in [0.15, 0.2) is 100 Å². The minimum Gasteiger partial charge on any atom is -0.478 e. The fraction of sp³-hybridized carbons (Fsp3) is 0.125. The van der Waals surface area contributed by atoms with E-state index in [0.717, 1.165) is 17.3 Å². The van der Waals surface area contributed by atoms with Crippen molar-refractivity contribution in [3.8, 4) is 0 Å². The minimum absolute atomic E-state index is 0.0518. The Morgan fingerprint density at radius 2 is 1.24 bits per heavy atom. The Balaban J connectivity index is 2.02. The quantitative estimate of drug-likeness (QED) is 0.387.